The van der Waals surface area contributed by atoms with E-state index in [-0.39, 0.29) is 5.97 Å². The molecular weight excluding hydrogens is 332 g/mol. The van der Waals surface area contributed by atoms with E-state index in [2.05, 4.69) is 32.1 Å². The molecule has 0 radical (unpaired) electrons. The first-order chi connectivity index (χ1) is 10.2. The molecule has 4 nitrogen and oxygen atoms in total. The molecule has 0 aliphatic heterocycles. The maximum absolute atomic E-state index is 11.4. The van der Waals surface area contributed by atoms with Gasteiger partial charge in [0.1, 0.15) is 6.07 Å². The van der Waals surface area contributed by atoms with Gasteiger partial charge in [-0.25, -0.2) is 4.79 Å². The van der Waals surface area contributed by atoms with E-state index in [9.17, 15) is 4.79 Å². The number of methoxy groups -OCH3 is 1. The normalized spacial score (nSPS) is 9.76. The highest BCUT2D eigenvalue weighted by atomic mass is 79.9. The van der Waals surface area contributed by atoms with E-state index in [4.69, 9.17) is 5.26 Å². The Morgan fingerprint density at radius 1 is 1.33 bits per heavy atom. The molecule has 0 saturated heterocycles. The van der Waals surface area contributed by atoms with Crippen LogP contribution in [0.3, 0.4) is 0 Å². The minimum absolute atomic E-state index is 0.370. The molecule has 0 fully saturated rings. The first kappa shape index (κ1) is 15.1. The van der Waals surface area contributed by atoms with Gasteiger partial charge in [0.2, 0.25) is 0 Å². The zero-order valence-electron chi connectivity index (χ0n) is 11.4. The van der Waals surface area contributed by atoms with Crippen molar-refractivity contribution in [3.05, 3.63) is 63.6 Å². The van der Waals surface area contributed by atoms with Crippen LogP contribution in [0.25, 0.3) is 0 Å². The van der Waals surface area contributed by atoms with Gasteiger partial charge in [0.15, 0.2) is 0 Å². The van der Waals surface area contributed by atoms with Gasteiger partial charge in [-0.2, -0.15) is 5.26 Å². The van der Waals surface area contributed by atoms with Gasteiger partial charge in [0.05, 0.1) is 23.9 Å². The molecule has 0 saturated carbocycles. The first-order valence-corrected chi connectivity index (χ1v) is 7.04. The van der Waals surface area contributed by atoms with E-state index in [0.717, 1.165) is 15.7 Å². The second kappa shape index (κ2) is 6.91. The van der Waals surface area contributed by atoms with E-state index in [1.165, 1.54) is 7.11 Å². The number of rotatable bonds is 4. The highest BCUT2D eigenvalue weighted by molar-refractivity contribution is 9.10. The van der Waals surface area contributed by atoms with Crippen LogP contribution in [0.15, 0.2) is 46.9 Å². The molecule has 1 N–H and O–H groups in total. The molecule has 106 valence electrons. The third-order valence-electron chi connectivity index (χ3n) is 2.99. The molecule has 2 rings (SSSR count). The lowest BCUT2D eigenvalue weighted by Gasteiger charge is -2.10. The Labute approximate surface area is 131 Å². The summed E-state index contributed by atoms with van der Waals surface area (Å²) in [4.78, 5) is 11.4. The summed E-state index contributed by atoms with van der Waals surface area (Å²) in [5.74, 6) is -0.370. The lowest BCUT2D eigenvalue weighted by Crippen LogP contribution is -2.05. The molecule has 0 spiro atoms. The summed E-state index contributed by atoms with van der Waals surface area (Å²) in [5.41, 5.74) is 2.85. The number of anilines is 1. The summed E-state index contributed by atoms with van der Waals surface area (Å²) in [5, 5.41) is 12.3. The predicted molar refractivity (Wildman–Crippen MR) is 84.0 cm³/mol. The third-order valence-corrected chi connectivity index (χ3v) is 3.73. The standard InChI is InChI=1S/C16H13BrN2O2/c1-21-16(20)11-6-7-13(14(17)8-11)10-19-15-5-3-2-4-12(15)9-18/h2-8,19H,10H2,1H3. The lowest BCUT2D eigenvalue weighted by atomic mass is 10.1. The number of nitriles is 1. The number of carbonyl (C=O) groups is 1. The Hall–Kier alpha value is -2.32. The molecule has 0 amide bonds. The van der Waals surface area contributed by atoms with E-state index in [0.29, 0.717) is 17.7 Å². The molecule has 0 unspecified atom stereocenters. The van der Waals surface area contributed by atoms with E-state index in [1.807, 2.05) is 24.3 Å². The fourth-order valence-corrected chi connectivity index (χ4v) is 2.38. The molecule has 0 aromatic heterocycles. The number of hydrogen-bond acceptors (Lipinski definition) is 4. The Morgan fingerprint density at radius 2 is 2.10 bits per heavy atom. The molecule has 0 heterocycles. The number of benzene rings is 2. The van der Waals surface area contributed by atoms with E-state index < -0.39 is 0 Å². The monoisotopic (exact) mass is 344 g/mol. The number of para-hydroxylation sites is 1. The highest BCUT2D eigenvalue weighted by Gasteiger charge is 2.09. The van der Waals surface area contributed by atoms with Crippen LogP contribution in [0.4, 0.5) is 5.69 Å². The average Bonchev–Trinajstić information content (AvgIpc) is 2.53. The van der Waals surface area contributed by atoms with Crippen molar-refractivity contribution in [3.63, 3.8) is 0 Å². The zero-order chi connectivity index (χ0) is 15.2. The zero-order valence-corrected chi connectivity index (χ0v) is 13.0. The Balaban J connectivity index is 2.14. The van der Waals surface area contributed by atoms with Crippen molar-refractivity contribution in [1.82, 2.24) is 0 Å². The van der Waals surface area contributed by atoms with Crippen molar-refractivity contribution in [3.8, 4) is 6.07 Å². The minimum atomic E-state index is -0.370. The van der Waals surface area contributed by atoms with Crippen LogP contribution in [0.5, 0.6) is 0 Å². The van der Waals surface area contributed by atoms with Gasteiger partial charge in [-0.05, 0) is 29.8 Å². The minimum Gasteiger partial charge on any atom is -0.465 e. The largest absolute Gasteiger partial charge is 0.465 e. The molecule has 0 bridgehead atoms. The molecule has 2 aromatic carbocycles. The SMILES string of the molecule is COC(=O)c1ccc(CNc2ccccc2C#N)c(Br)c1. The van der Waals surface area contributed by atoms with Crippen LogP contribution in [-0.4, -0.2) is 13.1 Å². The van der Waals surface area contributed by atoms with Crippen LogP contribution in [0, 0.1) is 11.3 Å². The summed E-state index contributed by atoms with van der Waals surface area (Å²) in [6.07, 6.45) is 0. The van der Waals surface area contributed by atoms with Crippen LogP contribution in [0.1, 0.15) is 21.5 Å². The lowest BCUT2D eigenvalue weighted by molar-refractivity contribution is 0.0600. The highest BCUT2D eigenvalue weighted by Crippen LogP contribution is 2.21. The van der Waals surface area contributed by atoms with Crippen molar-refractivity contribution in [1.29, 1.82) is 5.26 Å². The summed E-state index contributed by atoms with van der Waals surface area (Å²) in [6, 6.07) is 14.7. The number of nitrogens with one attached hydrogen (secondary N) is 1. The van der Waals surface area contributed by atoms with Gasteiger partial charge >= 0.3 is 5.97 Å². The van der Waals surface area contributed by atoms with Crippen LogP contribution < -0.4 is 5.32 Å². The fraction of sp³-hybridized carbons (Fsp3) is 0.125. The number of esters is 1. The van der Waals surface area contributed by atoms with Crippen LogP contribution >= 0.6 is 15.9 Å². The molecule has 0 atom stereocenters. The van der Waals surface area contributed by atoms with Crippen molar-refractivity contribution in [2.45, 2.75) is 6.54 Å². The summed E-state index contributed by atoms with van der Waals surface area (Å²) in [7, 11) is 1.35. The second-order valence-electron chi connectivity index (χ2n) is 4.31. The van der Waals surface area contributed by atoms with Crippen molar-refractivity contribution >= 4 is 27.6 Å². The molecule has 0 aliphatic rings. The Morgan fingerprint density at radius 3 is 2.76 bits per heavy atom. The van der Waals surface area contributed by atoms with Crippen LogP contribution in [-0.2, 0) is 11.3 Å². The van der Waals surface area contributed by atoms with Gasteiger partial charge in [-0.1, -0.05) is 34.1 Å². The summed E-state index contributed by atoms with van der Waals surface area (Å²) in [6.45, 7) is 0.542. The number of carbonyl (C=O) groups excluding carboxylic acids is 1. The van der Waals surface area contributed by atoms with Crippen molar-refractivity contribution < 1.29 is 9.53 Å². The second-order valence-corrected chi connectivity index (χ2v) is 5.16. The molecule has 5 heteroatoms. The summed E-state index contributed by atoms with van der Waals surface area (Å²) < 4.78 is 5.49. The van der Waals surface area contributed by atoms with Gasteiger partial charge in [0.25, 0.3) is 0 Å². The fourth-order valence-electron chi connectivity index (χ4n) is 1.86. The molecule has 2 aromatic rings. The Bertz CT molecular complexity index is 708. The number of ether oxygens (including phenoxy) is 1. The smallest absolute Gasteiger partial charge is 0.337 e. The van der Waals surface area contributed by atoms with Gasteiger partial charge in [-0.15, -0.1) is 0 Å². The number of nitrogens with zero attached hydrogens (tertiary/aromatic N) is 1. The quantitative estimate of drug-likeness (QED) is 0.858. The van der Waals surface area contributed by atoms with E-state index in [1.54, 1.807) is 18.2 Å². The number of hydrogen-bond donors (Lipinski definition) is 1. The van der Waals surface area contributed by atoms with Crippen LogP contribution in [0.2, 0.25) is 0 Å². The molecule has 0 aliphatic carbocycles. The maximum atomic E-state index is 11.4. The maximum Gasteiger partial charge on any atom is 0.337 e. The summed E-state index contributed by atoms with van der Waals surface area (Å²) >= 11 is 3.44. The van der Waals surface area contributed by atoms with Gasteiger partial charge in [0, 0.05) is 11.0 Å². The van der Waals surface area contributed by atoms with E-state index >= 15 is 0 Å². The van der Waals surface area contributed by atoms with Crippen molar-refractivity contribution in [2.75, 3.05) is 12.4 Å². The topological polar surface area (TPSA) is 62.1 Å². The molecular formula is C16H13BrN2O2. The van der Waals surface area contributed by atoms with Gasteiger partial charge < -0.3 is 10.1 Å². The van der Waals surface area contributed by atoms with Gasteiger partial charge in [-0.3, -0.25) is 0 Å². The van der Waals surface area contributed by atoms with Crippen molar-refractivity contribution in [2.24, 2.45) is 0 Å². The Kier molecular flexibility index (Phi) is 4.96. The molecule has 21 heavy (non-hydrogen) atoms. The predicted octanol–water partition coefficient (Wildman–Crippen LogP) is 3.72. The number of halogens is 1. The third kappa shape index (κ3) is 3.61. The first-order valence-electron chi connectivity index (χ1n) is 6.25. The average molecular weight is 345 g/mol.